The van der Waals surface area contributed by atoms with Crippen LogP contribution in [0.25, 0.3) is 11.2 Å². The highest BCUT2D eigenvalue weighted by Gasteiger charge is 2.72. The van der Waals surface area contributed by atoms with Gasteiger partial charge in [-0.05, 0) is 40.0 Å². The molecule has 0 saturated carbocycles. The summed E-state index contributed by atoms with van der Waals surface area (Å²) in [6.45, 7) is 10.1. The standard InChI is InChI=1S/C29H49N5O5/c1-21(2)16-14-12-10-8-7-9-11-13-15-17-23(36)32-25-30-18-22-24(33-25)34(20-31-22)29(6)28(5,38)27(4,37)26(3,19-35)39-29/h18,20-21,35,37-38H,7-17,19H2,1-6H3,(H,30,32,33,36)/t26-,27-,28-,29-/m1/s1. The molecule has 0 unspecified atom stereocenters. The molecule has 1 aliphatic heterocycles. The van der Waals surface area contributed by atoms with Crippen molar-refractivity contribution >= 4 is 23.0 Å². The number of unbranched alkanes of at least 4 members (excludes halogenated alkanes) is 8. The minimum atomic E-state index is -1.83. The molecule has 0 aromatic carbocycles. The third-order valence-electron chi connectivity index (χ3n) is 8.79. The Bertz CT molecular complexity index is 1100. The molecule has 0 spiro atoms. The van der Waals surface area contributed by atoms with Gasteiger partial charge in [0.15, 0.2) is 11.4 Å². The molecule has 2 aromatic rings. The van der Waals surface area contributed by atoms with Crippen molar-refractivity contribution < 1.29 is 24.9 Å². The summed E-state index contributed by atoms with van der Waals surface area (Å²) in [5, 5.41) is 35.4. The lowest BCUT2D eigenvalue weighted by atomic mass is 9.73. The van der Waals surface area contributed by atoms with E-state index in [-0.39, 0.29) is 11.9 Å². The highest BCUT2D eigenvalue weighted by atomic mass is 16.6. The maximum absolute atomic E-state index is 12.5. The molecule has 0 aliphatic carbocycles. The van der Waals surface area contributed by atoms with Gasteiger partial charge in [0, 0.05) is 6.42 Å². The molecule has 4 N–H and O–H groups in total. The van der Waals surface area contributed by atoms with E-state index in [4.69, 9.17) is 4.74 Å². The number of ether oxygens (including phenoxy) is 1. The van der Waals surface area contributed by atoms with E-state index in [1.54, 1.807) is 13.8 Å². The lowest BCUT2D eigenvalue weighted by Crippen LogP contribution is -2.63. The van der Waals surface area contributed by atoms with Crippen LogP contribution in [0.3, 0.4) is 0 Å². The van der Waals surface area contributed by atoms with E-state index < -0.39 is 29.1 Å². The molecule has 1 saturated heterocycles. The van der Waals surface area contributed by atoms with Gasteiger partial charge in [-0.1, -0.05) is 71.6 Å². The quantitative estimate of drug-likeness (QED) is 0.236. The summed E-state index contributed by atoms with van der Waals surface area (Å²) in [6.07, 6.45) is 15.4. The number of fused-ring (bicyclic) bond motifs is 1. The fourth-order valence-corrected chi connectivity index (χ4v) is 5.52. The van der Waals surface area contributed by atoms with Crippen molar-refractivity contribution in [3.05, 3.63) is 12.5 Å². The maximum Gasteiger partial charge on any atom is 0.231 e. The molecule has 1 fully saturated rings. The third kappa shape index (κ3) is 6.45. The Hall–Kier alpha value is -2.14. The number of nitrogens with zero attached hydrogens (tertiary/aromatic N) is 4. The van der Waals surface area contributed by atoms with E-state index in [9.17, 15) is 20.1 Å². The van der Waals surface area contributed by atoms with Gasteiger partial charge in [0.05, 0.1) is 19.1 Å². The molecule has 3 rings (SSSR count). The fourth-order valence-electron chi connectivity index (χ4n) is 5.52. The highest BCUT2D eigenvalue weighted by molar-refractivity contribution is 5.89. The van der Waals surface area contributed by atoms with Crippen LogP contribution in [0.5, 0.6) is 0 Å². The third-order valence-corrected chi connectivity index (χ3v) is 8.79. The molecule has 0 radical (unpaired) electrons. The zero-order chi connectivity index (χ0) is 28.9. The van der Waals surface area contributed by atoms with Gasteiger partial charge in [-0.3, -0.25) is 14.7 Å². The van der Waals surface area contributed by atoms with Gasteiger partial charge >= 0.3 is 0 Å². The lowest BCUT2D eigenvalue weighted by Gasteiger charge is -2.42. The van der Waals surface area contributed by atoms with Crippen molar-refractivity contribution in [1.82, 2.24) is 19.5 Å². The van der Waals surface area contributed by atoms with Crippen LogP contribution in [0.1, 0.15) is 112 Å². The molecular weight excluding hydrogens is 498 g/mol. The first-order chi connectivity index (χ1) is 18.3. The number of aliphatic hydroxyl groups is 3. The molecule has 3 heterocycles. The lowest BCUT2D eigenvalue weighted by molar-refractivity contribution is -0.192. The first kappa shape index (κ1) is 31.4. The number of hydrogen-bond acceptors (Lipinski definition) is 8. The van der Waals surface area contributed by atoms with E-state index in [2.05, 4.69) is 34.1 Å². The van der Waals surface area contributed by atoms with E-state index in [0.717, 1.165) is 25.2 Å². The Balaban J connectivity index is 1.52. The number of amides is 1. The SMILES string of the molecule is CC(C)CCCCCCCCCCCC(=O)Nc1ncc2ncn([C@]3(C)O[C@](C)(CO)[C@@](C)(O)[C@@]3(C)O)c2n1. The number of carbonyl (C=O) groups excluding carboxylic acids is 1. The molecular formula is C29H49N5O5. The summed E-state index contributed by atoms with van der Waals surface area (Å²) in [6, 6.07) is 0. The molecule has 39 heavy (non-hydrogen) atoms. The van der Waals surface area contributed by atoms with E-state index >= 15 is 0 Å². The maximum atomic E-state index is 12.5. The summed E-state index contributed by atoms with van der Waals surface area (Å²) in [5.41, 5.74) is -5.83. The molecule has 220 valence electrons. The first-order valence-corrected chi connectivity index (χ1v) is 14.6. The number of rotatable bonds is 15. The topological polar surface area (TPSA) is 143 Å². The number of nitrogens with one attached hydrogen (secondary N) is 1. The van der Waals surface area contributed by atoms with Crippen LogP contribution in [-0.2, 0) is 15.3 Å². The Morgan fingerprint density at radius 3 is 2.10 bits per heavy atom. The van der Waals surface area contributed by atoms with E-state index in [1.807, 2.05) is 0 Å². The Morgan fingerprint density at radius 2 is 1.54 bits per heavy atom. The zero-order valence-corrected chi connectivity index (χ0v) is 24.7. The fraction of sp³-hybridized carbons (Fsp3) is 0.793. The minimum Gasteiger partial charge on any atom is -0.393 e. The van der Waals surface area contributed by atoms with Gasteiger partial charge in [0.2, 0.25) is 11.9 Å². The van der Waals surface area contributed by atoms with Crippen LogP contribution in [0.2, 0.25) is 0 Å². The summed E-state index contributed by atoms with van der Waals surface area (Å²) >= 11 is 0. The van der Waals surface area contributed by atoms with Crippen LogP contribution < -0.4 is 5.32 Å². The second-order valence-electron chi connectivity index (χ2n) is 12.3. The Labute approximate surface area is 232 Å². The van der Waals surface area contributed by atoms with Crippen molar-refractivity contribution in [1.29, 1.82) is 0 Å². The minimum absolute atomic E-state index is 0.129. The Kier molecular flexibility index (Phi) is 10.1. The number of hydrogen-bond donors (Lipinski definition) is 4. The van der Waals surface area contributed by atoms with Gasteiger partial charge in [-0.25, -0.2) is 9.97 Å². The predicted molar refractivity (Wildman–Crippen MR) is 151 cm³/mol. The summed E-state index contributed by atoms with van der Waals surface area (Å²) < 4.78 is 7.65. The first-order valence-electron chi connectivity index (χ1n) is 14.6. The molecule has 4 atom stereocenters. The smallest absolute Gasteiger partial charge is 0.231 e. The second kappa shape index (κ2) is 12.6. The van der Waals surface area contributed by atoms with Crippen LogP contribution >= 0.6 is 0 Å². The molecule has 0 bridgehead atoms. The molecule has 10 heteroatoms. The van der Waals surface area contributed by atoms with Gasteiger partial charge in [0.25, 0.3) is 0 Å². The summed E-state index contributed by atoms with van der Waals surface area (Å²) in [7, 11) is 0. The van der Waals surface area contributed by atoms with E-state index in [1.165, 1.54) is 75.9 Å². The second-order valence-corrected chi connectivity index (χ2v) is 12.3. The van der Waals surface area contributed by atoms with Crippen LogP contribution in [0, 0.1) is 5.92 Å². The van der Waals surface area contributed by atoms with Gasteiger partial charge in [-0.2, -0.15) is 4.98 Å². The summed E-state index contributed by atoms with van der Waals surface area (Å²) in [5.74, 6) is 0.775. The average Bonchev–Trinajstić information content (AvgIpc) is 3.34. The number of anilines is 1. The van der Waals surface area contributed by atoms with Gasteiger partial charge in [0.1, 0.15) is 22.3 Å². The van der Waals surface area contributed by atoms with Crippen LogP contribution in [0.4, 0.5) is 5.95 Å². The zero-order valence-electron chi connectivity index (χ0n) is 24.7. The van der Waals surface area contributed by atoms with Crippen LogP contribution in [-0.4, -0.2) is 64.2 Å². The van der Waals surface area contributed by atoms with Gasteiger partial charge in [-0.15, -0.1) is 0 Å². The highest BCUT2D eigenvalue weighted by Crippen LogP contribution is 2.54. The van der Waals surface area contributed by atoms with E-state index in [0.29, 0.717) is 17.6 Å². The Morgan fingerprint density at radius 1 is 0.949 bits per heavy atom. The number of imidazole rings is 1. The van der Waals surface area contributed by atoms with Crippen molar-refractivity contribution in [2.45, 2.75) is 135 Å². The van der Waals surface area contributed by atoms with Crippen molar-refractivity contribution in [2.75, 3.05) is 11.9 Å². The molecule has 2 aromatic heterocycles. The largest absolute Gasteiger partial charge is 0.393 e. The monoisotopic (exact) mass is 547 g/mol. The van der Waals surface area contributed by atoms with Crippen molar-refractivity contribution in [3.8, 4) is 0 Å². The normalized spacial score (nSPS) is 29.0. The molecule has 10 nitrogen and oxygen atoms in total. The predicted octanol–water partition coefficient (Wildman–Crippen LogP) is 4.67. The number of aromatic nitrogens is 4. The number of aliphatic hydroxyl groups excluding tert-OH is 1. The van der Waals surface area contributed by atoms with Crippen LogP contribution in [0.15, 0.2) is 12.5 Å². The number of carbonyl (C=O) groups is 1. The molecule has 1 aliphatic rings. The summed E-state index contributed by atoms with van der Waals surface area (Å²) in [4.78, 5) is 25.6. The average molecular weight is 548 g/mol. The van der Waals surface area contributed by atoms with Crippen molar-refractivity contribution in [2.24, 2.45) is 5.92 Å². The van der Waals surface area contributed by atoms with Gasteiger partial charge < -0.3 is 20.1 Å². The van der Waals surface area contributed by atoms with Crippen molar-refractivity contribution in [3.63, 3.8) is 0 Å². The molecule has 1 amide bonds.